The fourth-order valence-corrected chi connectivity index (χ4v) is 3.95. The summed E-state index contributed by atoms with van der Waals surface area (Å²) in [6.45, 7) is 5.51. The number of carbonyl (C=O) groups is 2. The number of piperidine rings is 1. The molecule has 2 aliphatic heterocycles. The van der Waals surface area contributed by atoms with Crippen LogP contribution >= 0.6 is 0 Å². The molecule has 0 spiro atoms. The molecule has 0 saturated carbocycles. The quantitative estimate of drug-likeness (QED) is 0.873. The number of hydrogen-bond donors (Lipinski definition) is 1. The summed E-state index contributed by atoms with van der Waals surface area (Å²) in [4.78, 5) is 28.2. The standard InChI is InChI=1S/C20H27F2N3O2/c1-14(15-4-3-7-23-13-15)12-18(26)24-8-10-25(11-9-24)20(27)19-16(21)5-2-6-17(19)22/h2,5-6,14-15,23H,3-4,7-13H2,1H3. The van der Waals surface area contributed by atoms with Gasteiger partial charge in [-0.15, -0.1) is 0 Å². The fraction of sp³-hybridized carbons (Fsp3) is 0.600. The minimum Gasteiger partial charge on any atom is -0.339 e. The first kappa shape index (κ1) is 19.7. The molecular formula is C20H27F2N3O2. The van der Waals surface area contributed by atoms with Gasteiger partial charge in [0.05, 0.1) is 0 Å². The minimum atomic E-state index is -0.853. The topological polar surface area (TPSA) is 52.7 Å². The van der Waals surface area contributed by atoms with Crippen molar-refractivity contribution in [1.82, 2.24) is 15.1 Å². The number of nitrogens with zero attached hydrogens (tertiary/aromatic N) is 2. The Hall–Kier alpha value is -2.02. The molecule has 148 valence electrons. The lowest BCUT2D eigenvalue weighted by Gasteiger charge is -2.36. The molecule has 2 heterocycles. The van der Waals surface area contributed by atoms with Crippen LogP contribution in [0.25, 0.3) is 0 Å². The zero-order valence-electron chi connectivity index (χ0n) is 15.7. The molecular weight excluding hydrogens is 352 g/mol. The van der Waals surface area contributed by atoms with Gasteiger partial charge in [0.15, 0.2) is 0 Å². The fourth-order valence-electron chi connectivity index (χ4n) is 3.95. The van der Waals surface area contributed by atoms with Gasteiger partial charge in [-0.3, -0.25) is 9.59 Å². The maximum atomic E-state index is 13.8. The maximum absolute atomic E-state index is 13.8. The molecule has 0 aromatic heterocycles. The second-order valence-corrected chi connectivity index (χ2v) is 7.56. The van der Waals surface area contributed by atoms with E-state index in [0.717, 1.165) is 38.1 Å². The Labute approximate surface area is 158 Å². The van der Waals surface area contributed by atoms with E-state index in [2.05, 4.69) is 12.2 Å². The van der Waals surface area contributed by atoms with Gasteiger partial charge in [0.25, 0.3) is 5.91 Å². The number of hydrogen-bond acceptors (Lipinski definition) is 3. The number of halogens is 2. The highest BCUT2D eigenvalue weighted by molar-refractivity contribution is 5.95. The Morgan fingerprint density at radius 1 is 1.15 bits per heavy atom. The van der Waals surface area contributed by atoms with Gasteiger partial charge in [-0.25, -0.2) is 8.78 Å². The predicted octanol–water partition coefficient (Wildman–Crippen LogP) is 2.28. The average molecular weight is 379 g/mol. The predicted molar refractivity (Wildman–Crippen MR) is 98.2 cm³/mol. The Balaban J connectivity index is 1.52. The molecule has 2 fully saturated rings. The summed E-state index contributed by atoms with van der Waals surface area (Å²) in [6, 6.07) is 3.40. The first-order valence-corrected chi connectivity index (χ1v) is 9.69. The van der Waals surface area contributed by atoms with Crippen LogP contribution in [-0.2, 0) is 4.79 Å². The Bertz CT molecular complexity index is 664. The first-order valence-electron chi connectivity index (χ1n) is 9.69. The minimum absolute atomic E-state index is 0.0947. The monoisotopic (exact) mass is 379 g/mol. The van der Waals surface area contributed by atoms with Crippen LogP contribution in [0.15, 0.2) is 18.2 Å². The summed E-state index contributed by atoms with van der Waals surface area (Å²) in [5.41, 5.74) is -0.518. The lowest BCUT2D eigenvalue weighted by molar-refractivity contribution is -0.134. The average Bonchev–Trinajstić information content (AvgIpc) is 2.68. The van der Waals surface area contributed by atoms with E-state index < -0.39 is 23.1 Å². The van der Waals surface area contributed by atoms with Gasteiger partial charge < -0.3 is 15.1 Å². The van der Waals surface area contributed by atoms with Gasteiger partial charge in [-0.05, 0) is 49.9 Å². The number of amides is 2. The molecule has 2 aliphatic rings. The van der Waals surface area contributed by atoms with E-state index >= 15 is 0 Å². The van der Waals surface area contributed by atoms with Crippen molar-refractivity contribution in [2.45, 2.75) is 26.2 Å². The maximum Gasteiger partial charge on any atom is 0.259 e. The third-order valence-corrected chi connectivity index (χ3v) is 5.73. The number of piperazine rings is 1. The summed E-state index contributed by atoms with van der Waals surface area (Å²) < 4.78 is 27.6. The van der Waals surface area contributed by atoms with E-state index in [1.165, 1.54) is 11.0 Å². The van der Waals surface area contributed by atoms with Crippen LogP contribution < -0.4 is 5.32 Å². The molecule has 7 heteroatoms. The van der Waals surface area contributed by atoms with Crippen LogP contribution in [0.3, 0.4) is 0 Å². The molecule has 1 N–H and O–H groups in total. The molecule has 3 rings (SSSR count). The van der Waals surface area contributed by atoms with Crippen molar-refractivity contribution >= 4 is 11.8 Å². The Kier molecular flexibility index (Phi) is 6.42. The highest BCUT2D eigenvalue weighted by Gasteiger charge is 2.29. The van der Waals surface area contributed by atoms with Crippen molar-refractivity contribution in [2.75, 3.05) is 39.3 Å². The third-order valence-electron chi connectivity index (χ3n) is 5.73. The van der Waals surface area contributed by atoms with E-state index in [4.69, 9.17) is 0 Å². The van der Waals surface area contributed by atoms with Crippen LogP contribution in [0.2, 0.25) is 0 Å². The molecule has 2 unspecified atom stereocenters. The molecule has 1 aromatic carbocycles. The van der Waals surface area contributed by atoms with Crippen LogP contribution in [-0.4, -0.2) is 60.9 Å². The molecule has 0 aliphatic carbocycles. The molecule has 5 nitrogen and oxygen atoms in total. The molecule has 1 aromatic rings. The van der Waals surface area contributed by atoms with Gasteiger partial charge in [0, 0.05) is 32.6 Å². The van der Waals surface area contributed by atoms with Crippen LogP contribution in [0.5, 0.6) is 0 Å². The molecule has 27 heavy (non-hydrogen) atoms. The molecule has 2 amide bonds. The molecule has 0 radical (unpaired) electrons. The number of rotatable bonds is 4. The van der Waals surface area contributed by atoms with Gasteiger partial charge in [0.1, 0.15) is 17.2 Å². The van der Waals surface area contributed by atoms with Crippen molar-refractivity contribution in [2.24, 2.45) is 11.8 Å². The van der Waals surface area contributed by atoms with E-state index in [1.54, 1.807) is 4.90 Å². The molecule has 2 atom stereocenters. The lowest BCUT2D eigenvalue weighted by Crippen LogP contribution is -2.51. The highest BCUT2D eigenvalue weighted by atomic mass is 19.1. The summed E-state index contributed by atoms with van der Waals surface area (Å²) >= 11 is 0. The van der Waals surface area contributed by atoms with Gasteiger partial charge in [-0.1, -0.05) is 13.0 Å². The van der Waals surface area contributed by atoms with Crippen LogP contribution in [0, 0.1) is 23.5 Å². The Morgan fingerprint density at radius 2 is 1.78 bits per heavy atom. The summed E-state index contributed by atoms with van der Waals surface area (Å²) in [7, 11) is 0. The van der Waals surface area contributed by atoms with E-state index in [0.29, 0.717) is 31.3 Å². The van der Waals surface area contributed by atoms with Crippen LogP contribution in [0.4, 0.5) is 8.78 Å². The molecule has 0 bridgehead atoms. The number of carbonyl (C=O) groups excluding carboxylic acids is 2. The summed E-state index contributed by atoms with van der Waals surface area (Å²) in [5.74, 6) is -1.43. The van der Waals surface area contributed by atoms with Gasteiger partial charge >= 0.3 is 0 Å². The van der Waals surface area contributed by atoms with Crippen molar-refractivity contribution in [1.29, 1.82) is 0 Å². The number of nitrogens with one attached hydrogen (secondary N) is 1. The van der Waals surface area contributed by atoms with Crippen molar-refractivity contribution < 1.29 is 18.4 Å². The summed E-state index contributed by atoms with van der Waals surface area (Å²) in [5, 5.41) is 3.38. The van der Waals surface area contributed by atoms with Gasteiger partial charge in [0.2, 0.25) is 5.91 Å². The van der Waals surface area contributed by atoms with Crippen molar-refractivity contribution in [3.8, 4) is 0 Å². The second kappa shape index (κ2) is 8.78. The second-order valence-electron chi connectivity index (χ2n) is 7.56. The zero-order chi connectivity index (χ0) is 19.4. The molecule has 2 saturated heterocycles. The van der Waals surface area contributed by atoms with Crippen molar-refractivity contribution in [3.63, 3.8) is 0 Å². The first-order chi connectivity index (χ1) is 13.0. The lowest BCUT2D eigenvalue weighted by atomic mass is 9.85. The Morgan fingerprint density at radius 3 is 2.37 bits per heavy atom. The third kappa shape index (κ3) is 4.64. The van der Waals surface area contributed by atoms with E-state index in [1.807, 2.05) is 0 Å². The van der Waals surface area contributed by atoms with E-state index in [9.17, 15) is 18.4 Å². The zero-order valence-corrected chi connectivity index (χ0v) is 15.7. The van der Waals surface area contributed by atoms with Gasteiger partial charge in [-0.2, -0.15) is 0 Å². The highest BCUT2D eigenvalue weighted by Crippen LogP contribution is 2.24. The summed E-state index contributed by atoms with van der Waals surface area (Å²) in [6.07, 6.45) is 2.80. The smallest absolute Gasteiger partial charge is 0.259 e. The normalized spacial score (nSPS) is 21.8. The van der Waals surface area contributed by atoms with Crippen LogP contribution in [0.1, 0.15) is 36.5 Å². The largest absolute Gasteiger partial charge is 0.339 e. The van der Waals surface area contributed by atoms with Crippen molar-refractivity contribution in [3.05, 3.63) is 35.4 Å². The number of benzene rings is 1. The SMILES string of the molecule is CC(CC(=O)N1CCN(C(=O)c2c(F)cccc2F)CC1)C1CCCNC1. The van der Waals surface area contributed by atoms with E-state index in [-0.39, 0.29) is 19.0 Å².